The summed E-state index contributed by atoms with van der Waals surface area (Å²) < 4.78 is 10.8. The van der Waals surface area contributed by atoms with Crippen LogP contribution in [0, 0.1) is 0 Å². The summed E-state index contributed by atoms with van der Waals surface area (Å²) >= 11 is 0. The second-order valence-corrected chi connectivity index (χ2v) is 5.30. The number of carbonyl (C=O) groups is 2. The van der Waals surface area contributed by atoms with E-state index in [9.17, 15) is 9.59 Å². The first-order valence-corrected chi connectivity index (χ1v) is 7.94. The lowest BCUT2D eigenvalue weighted by Gasteiger charge is -2.09. The number of anilines is 1. The molecule has 2 aromatic carbocycles. The van der Waals surface area contributed by atoms with Crippen molar-refractivity contribution in [3.05, 3.63) is 59.7 Å². The first-order valence-electron chi connectivity index (χ1n) is 7.94. The number of amides is 1. The highest BCUT2D eigenvalue weighted by molar-refractivity contribution is 6.07. The lowest BCUT2D eigenvalue weighted by Crippen LogP contribution is -2.06. The molecule has 0 atom stereocenters. The van der Waals surface area contributed by atoms with Crippen molar-refractivity contribution in [2.24, 2.45) is 0 Å². The van der Waals surface area contributed by atoms with Gasteiger partial charge in [-0.25, -0.2) is 0 Å². The average molecular weight is 339 g/mol. The standard InChI is InChI=1S/C20H21NO4/c1-4-25-19-11-9-15(12-20(19)24-3)8-10-18(23)16-6-5-7-17(13-16)21-14(2)22/h5-13H,4H2,1-3H3,(H,21,22)/b10-8+. The summed E-state index contributed by atoms with van der Waals surface area (Å²) in [7, 11) is 1.57. The van der Waals surface area contributed by atoms with Gasteiger partial charge < -0.3 is 14.8 Å². The molecule has 0 saturated heterocycles. The van der Waals surface area contributed by atoms with Crippen molar-refractivity contribution in [3.8, 4) is 11.5 Å². The van der Waals surface area contributed by atoms with Gasteiger partial charge in [-0.05, 0) is 42.8 Å². The third-order valence-corrected chi connectivity index (χ3v) is 3.38. The molecule has 2 aromatic rings. The van der Waals surface area contributed by atoms with E-state index in [1.54, 1.807) is 37.5 Å². The van der Waals surface area contributed by atoms with E-state index in [1.807, 2.05) is 25.1 Å². The van der Waals surface area contributed by atoms with Crippen LogP contribution in [0.15, 0.2) is 48.5 Å². The molecule has 0 aliphatic heterocycles. The topological polar surface area (TPSA) is 64.6 Å². The van der Waals surface area contributed by atoms with Gasteiger partial charge in [0.2, 0.25) is 5.91 Å². The molecule has 0 aromatic heterocycles. The van der Waals surface area contributed by atoms with Crippen LogP contribution in [0.4, 0.5) is 5.69 Å². The Morgan fingerprint density at radius 1 is 1.12 bits per heavy atom. The predicted octanol–water partition coefficient (Wildman–Crippen LogP) is 3.95. The molecule has 1 N–H and O–H groups in total. The van der Waals surface area contributed by atoms with Gasteiger partial charge in [-0.1, -0.05) is 24.3 Å². The average Bonchev–Trinajstić information content (AvgIpc) is 2.60. The summed E-state index contributed by atoms with van der Waals surface area (Å²) in [5.74, 6) is 0.947. The molecule has 0 heterocycles. The minimum Gasteiger partial charge on any atom is -0.493 e. The van der Waals surface area contributed by atoms with E-state index in [4.69, 9.17) is 9.47 Å². The van der Waals surface area contributed by atoms with Crippen LogP contribution < -0.4 is 14.8 Å². The predicted molar refractivity (Wildman–Crippen MR) is 98.3 cm³/mol. The van der Waals surface area contributed by atoms with Gasteiger partial charge in [0.1, 0.15) is 0 Å². The van der Waals surface area contributed by atoms with E-state index in [0.29, 0.717) is 29.4 Å². The number of rotatable bonds is 7. The molecule has 2 rings (SSSR count). The Labute approximate surface area is 147 Å². The van der Waals surface area contributed by atoms with E-state index >= 15 is 0 Å². The van der Waals surface area contributed by atoms with E-state index in [0.717, 1.165) is 5.56 Å². The second-order valence-electron chi connectivity index (χ2n) is 5.30. The Hall–Kier alpha value is -3.08. The Morgan fingerprint density at radius 3 is 2.60 bits per heavy atom. The normalized spacial score (nSPS) is 10.5. The molecule has 0 bridgehead atoms. The number of hydrogen-bond donors (Lipinski definition) is 1. The molecular formula is C20H21NO4. The number of allylic oxidation sites excluding steroid dienone is 1. The lowest BCUT2D eigenvalue weighted by atomic mass is 10.1. The molecule has 130 valence electrons. The zero-order chi connectivity index (χ0) is 18.2. The molecule has 0 aliphatic rings. The monoisotopic (exact) mass is 339 g/mol. The first-order chi connectivity index (χ1) is 12.0. The van der Waals surface area contributed by atoms with E-state index in [1.165, 1.54) is 13.0 Å². The highest BCUT2D eigenvalue weighted by atomic mass is 16.5. The molecule has 1 amide bonds. The molecule has 0 radical (unpaired) electrons. The molecule has 0 aliphatic carbocycles. The second kappa shape index (κ2) is 8.68. The summed E-state index contributed by atoms with van der Waals surface area (Å²) in [6, 6.07) is 12.3. The SMILES string of the molecule is CCOc1ccc(/C=C/C(=O)c2cccc(NC(C)=O)c2)cc1OC. The molecule has 0 fully saturated rings. The van der Waals surface area contributed by atoms with Crippen LogP contribution in [0.1, 0.15) is 29.8 Å². The molecule has 0 unspecified atom stereocenters. The van der Waals surface area contributed by atoms with Gasteiger partial charge in [-0.2, -0.15) is 0 Å². The summed E-state index contributed by atoms with van der Waals surface area (Å²) in [5.41, 5.74) is 1.92. The third-order valence-electron chi connectivity index (χ3n) is 3.38. The van der Waals surface area contributed by atoms with Crippen LogP contribution in [0.25, 0.3) is 6.08 Å². The van der Waals surface area contributed by atoms with Crippen LogP contribution in [0.2, 0.25) is 0 Å². The van der Waals surface area contributed by atoms with Gasteiger partial charge in [-0.15, -0.1) is 0 Å². The number of benzene rings is 2. The maximum absolute atomic E-state index is 12.3. The van der Waals surface area contributed by atoms with Crippen molar-refractivity contribution in [1.29, 1.82) is 0 Å². The highest BCUT2D eigenvalue weighted by Gasteiger charge is 2.06. The first kappa shape index (κ1) is 18.3. The fourth-order valence-electron chi connectivity index (χ4n) is 2.28. The molecular weight excluding hydrogens is 318 g/mol. The molecule has 0 saturated carbocycles. The number of ketones is 1. The van der Waals surface area contributed by atoms with Gasteiger partial charge in [-0.3, -0.25) is 9.59 Å². The van der Waals surface area contributed by atoms with Crippen molar-refractivity contribution in [1.82, 2.24) is 0 Å². The van der Waals surface area contributed by atoms with Crippen LogP contribution in [0.3, 0.4) is 0 Å². The molecule has 5 nitrogen and oxygen atoms in total. The Balaban J connectivity index is 2.16. The maximum atomic E-state index is 12.3. The van der Waals surface area contributed by atoms with Crippen molar-refractivity contribution in [2.75, 3.05) is 19.0 Å². The summed E-state index contributed by atoms with van der Waals surface area (Å²) in [4.78, 5) is 23.4. The minimum absolute atomic E-state index is 0.153. The van der Waals surface area contributed by atoms with E-state index < -0.39 is 0 Å². The zero-order valence-electron chi connectivity index (χ0n) is 14.5. The molecule has 25 heavy (non-hydrogen) atoms. The number of nitrogens with one attached hydrogen (secondary N) is 1. The van der Waals surface area contributed by atoms with Gasteiger partial charge >= 0.3 is 0 Å². The van der Waals surface area contributed by atoms with Crippen molar-refractivity contribution < 1.29 is 19.1 Å². The number of methoxy groups -OCH3 is 1. The van der Waals surface area contributed by atoms with Crippen LogP contribution in [0.5, 0.6) is 11.5 Å². The molecule has 5 heteroatoms. The van der Waals surface area contributed by atoms with Gasteiger partial charge in [0, 0.05) is 18.2 Å². The fourth-order valence-corrected chi connectivity index (χ4v) is 2.28. The van der Waals surface area contributed by atoms with Crippen LogP contribution in [-0.4, -0.2) is 25.4 Å². The van der Waals surface area contributed by atoms with Crippen molar-refractivity contribution in [2.45, 2.75) is 13.8 Å². The minimum atomic E-state index is -0.179. The van der Waals surface area contributed by atoms with Gasteiger partial charge in [0.15, 0.2) is 17.3 Å². The molecule has 0 spiro atoms. The zero-order valence-corrected chi connectivity index (χ0v) is 14.5. The van der Waals surface area contributed by atoms with Crippen LogP contribution in [-0.2, 0) is 4.79 Å². The Kier molecular flexibility index (Phi) is 6.34. The number of hydrogen-bond acceptors (Lipinski definition) is 4. The van der Waals surface area contributed by atoms with Crippen LogP contribution >= 0.6 is 0 Å². The summed E-state index contributed by atoms with van der Waals surface area (Å²) in [5, 5.41) is 2.66. The highest BCUT2D eigenvalue weighted by Crippen LogP contribution is 2.28. The largest absolute Gasteiger partial charge is 0.493 e. The third kappa shape index (κ3) is 5.21. The van der Waals surface area contributed by atoms with Crippen molar-refractivity contribution in [3.63, 3.8) is 0 Å². The van der Waals surface area contributed by atoms with E-state index in [-0.39, 0.29) is 11.7 Å². The lowest BCUT2D eigenvalue weighted by molar-refractivity contribution is -0.114. The Morgan fingerprint density at radius 2 is 1.92 bits per heavy atom. The fraction of sp³-hybridized carbons (Fsp3) is 0.200. The summed E-state index contributed by atoms with van der Waals surface area (Å²) in [6.45, 7) is 3.88. The smallest absolute Gasteiger partial charge is 0.221 e. The Bertz CT molecular complexity index is 796. The number of ether oxygens (including phenoxy) is 2. The van der Waals surface area contributed by atoms with Crippen molar-refractivity contribution >= 4 is 23.5 Å². The quantitative estimate of drug-likeness (QED) is 0.613. The van der Waals surface area contributed by atoms with Gasteiger partial charge in [0.05, 0.1) is 13.7 Å². The van der Waals surface area contributed by atoms with E-state index in [2.05, 4.69) is 5.32 Å². The number of carbonyl (C=O) groups excluding carboxylic acids is 2. The van der Waals surface area contributed by atoms with Gasteiger partial charge in [0.25, 0.3) is 0 Å². The summed E-state index contributed by atoms with van der Waals surface area (Å²) in [6.07, 6.45) is 3.20. The maximum Gasteiger partial charge on any atom is 0.221 e.